The highest BCUT2D eigenvalue weighted by Gasteiger charge is 2.12. The van der Waals surface area contributed by atoms with Gasteiger partial charge in [0.1, 0.15) is 0 Å². The number of tetrazole rings is 1. The van der Waals surface area contributed by atoms with Crippen LogP contribution in [0.2, 0.25) is 0 Å². The zero-order valence-corrected chi connectivity index (χ0v) is 16.0. The quantitative estimate of drug-likeness (QED) is 0.740. The van der Waals surface area contributed by atoms with Gasteiger partial charge in [-0.1, -0.05) is 30.7 Å². The Morgan fingerprint density at radius 1 is 1.07 bits per heavy atom. The molecule has 7 nitrogen and oxygen atoms in total. The van der Waals surface area contributed by atoms with Crippen molar-refractivity contribution in [2.45, 2.75) is 25.8 Å². The predicted molar refractivity (Wildman–Crippen MR) is 108 cm³/mol. The Kier molecular flexibility index (Phi) is 5.43. The molecule has 0 aliphatic carbocycles. The van der Waals surface area contributed by atoms with Crippen molar-refractivity contribution in [3.63, 3.8) is 0 Å². The minimum atomic E-state index is -0.127. The van der Waals surface area contributed by atoms with E-state index in [1.54, 1.807) is 11.7 Å². The molecular formula is C21H24N6O. The molecule has 1 amide bonds. The number of aromatic nitrogens is 4. The highest BCUT2D eigenvalue weighted by Crippen LogP contribution is 2.20. The summed E-state index contributed by atoms with van der Waals surface area (Å²) in [4.78, 5) is 15.1. The molecule has 4 rings (SSSR count). The maximum Gasteiger partial charge on any atom is 0.255 e. The van der Waals surface area contributed by atoms with E-state index in [0.29, 0.717) is 17.1 Å². The lowest BCUT2D eigenvalue weighted by molar-refractivity contribution is 0.102. The minimum absolute atomic E-state index is 0.127. The summed E-state index contributed by atoms with van der Waals surface area (Å²) in [5.41, 5.74) is 3.45. The number of hydrogen-bond donors (Lipinski definition) is 1. The lowest BCUT2D eigenvalue weighted by Gasteiger charge is -2.26. The summed E-state index contributed by atoms with van der Waals surface area (Å²) in [5.74, 6) is 0.524. The number of nitrogens with one attached hydrogen (secondary N) is 1. The van der Waals surface area contributed by atoms with Crippen LogP contribution in [-0.4, -0.2) is 44.1 Å². The number of aryl methyl sites for hydroxylation is 1. The molecule has 1 aliphatic rings. The predicted octanol–water partition coefficient (Wildman–Crippen LogP) is 3.12. The first kappa shape index (κ1) is 18.3. The van der Waals surface area contributed by atoms with Gasteiger partial charge >= 0.3 is 0 Å². The van der Waals surface area contributed by atoms with Crippen LogP contribution in [0.1, 0.15) is 35.2 Å². The standard InChI is InChI=1S/C21H24N6O/c1-26-20(23-24-25-26)18-6-5-7-19(14-18)22-21(28)17-10-8-16(9-11-17)15-27-12-3-2-4-13-27/h5-11,14H,2-4,12-13,15H2,1H3,(H,22,28). The second-order valence-electron chi connectivity index (χ2n) is 7.19. The van der Waals surface area contributed by atoms with Crippen LogP contribution in [-0.2, 0) is 13.6 Å². The molecule has 0 spiro atoms. The van der Waals surface area contributed by atoms with E-state index in [9.17, 15) is 4.79 Å². The van der Waals surface area contributed by atoms with Crippen molar-refractivity contribution in [1.29, 1.82) is 0 Å². The van der Waals surface area contributed by atoms with Gasteiger partial charge in [-0.25, -0.2) is 4.68 Å². The molecule has 2 heterocycles. The van der Waals surface area contributed by atoms with Crippen LogP contribution in [0.15, 0.2) is 48.5 Å². The van der Waals surface area contributed by atoms with Crippen molar-refractivity contribution in [3.8, 4) is 11.4 Å². The highest BCUT2D eigenvalue weighted by atomic mass is 16.1. The van der Waals surface area contributed by atoms with Crippen LogP contribution in [0.5, 0.6) is 0 Å². The molecule has 1 saturated heterocycles. The molecule has 144 valence electrons. The molecule has 1 aliphatic heterocycles. The normalized spacial score (nSPS) is 14.8. The summed E-state index contributed by atoms with van der Waals surface area (Å²) in [6, 6.07) is 15.4. The Hall–Kier alpha value is -3.06. The van der Waals surface area contributed by atoms with Crippen LogP contribution >= 0.6 is 0 Å². The third kappa shape index (κ3) is 4.26. The number of carbonyl (C=O) groups is 1. The van der Waals surface area contributed by atoms with Gasteiger partial charge in [-0.3, -0.25) is 9.69 Å². The number of likely N-dealkylation sites (tertiary alicyclic amines) is 1. The molecule has 0 saturated carbocycles. The number of rotatable bonds is 5. The number of amides is 1. The molecule has 7 heteroatoms. The number of anilines is 1. The Balaban J connectivity index is 1.41. The van der Waals surface area contributed by atoms with Crippen LogP contribution in [0, 0.1) is 0 Å². The Morgan fingerprint density at radius 3 is 2.57 bits per heavy atom. The van der Waals surface area contributed by atoms with Gasteiger partial charge in [0.25, 0.3) is 5.91 Å². The van der Waals surface area contributed by atoms with E-state index in [0.717, 1.165) is 12.1 Å². The fraction of sp³-hybridized carbons (Fsp3) is 0.333. The fourth-order valence-corrected chi connectivity index (χ4v) is 3.55. The number of nitrogens with zero attached hydrogens (tertiary/aromatic N) is 5. The molecule has 1 fully saturated rings. The molecule has 0 bridgehead atoms. The van der Waals surface area contributed by atoms with Gasteiger partial charge in [0, 0.05) is 30.4 Å². The number of benzene rings is 2. The number of hydrogen-bond acceptors (Lipinski definition) is 5. The molecular weight excluding hydrogens is 352 g/mol. The van der Waals surface area contributed by atoms with Crippen molar-refractivity contribution >= 4 is 11.6 Å². The summed E-state index contributed by atoms with van der Waals surface area (Å²) in [5, 5.41) is 14.5. The van der Waals surface area contributed by atoms with Gasteiger partial charge in [-0.05, 0) is 66.2 Å². The zero-order chi connectivity index (χ0) is 19.3. The Bertz CT molecular complexity index is 944. The van der Waals surface area contributed by atoms with E-state index >= 15 is 0 Å². The van der Waals surface area contributed by atoms with Gasteiger partial charge in [-0.2, -0.15) is 0 Å². The molecule has 0 atom stereocenters. The first-order valence-electron chi connectivity index (χ1n) is 9.64. The summed E-state index contributed by atoms with van der Waals surface area (Å²) in [7, 11) is 1.78. The average molecular weight is 376 g/mol. The second kappa shape index (κ2) is 8.31. The van der Waals surface area contributed by atoms with Crippen molar-refractivity contribution in [2.24, 2.45) is 7.05 Å². The Labute approximate surface area is 164 Å². The maximum atomic E-state index is 12.6. The average Bonchev–Trinajstić information content (AvgIpc) is 3.15. The summed E-state index contributed by atoms with van der Waals surface area (Å²) in [6.45, 7) is 3.29. The lowest BCUT2D eigenvalue weighted by atomic mass is 10.1. The van der Waals surface area contributed by atoms with Crippen LogP contribution in [0.4, 0.5) is 5.69 Å². The molecule has 1 N–H and O–H groups in total. The third-order valence-electron chi connectivity index (χ3n) is 5.07. The highest BCUT2D eigenvalue weighted by molar-refractivity contribution is 6.04. The number of carbonyl (C=O) groups excluding carboxylic acids is 1. The molecule has 0 unspecified atom stereocenters. The second-order valence-corrected chi connectivity index (χ2v) is 7.19. The molecule has 2 aromatic carbocycles. The van der Waals surface area contributed by atoms with Crippen LogP contribution in [0.3, 0.4) is 0 Å². The van der Waals surface area contributed by atoms with Gasteiger partial charge in [-0.15, -0.1) is 5.10 Å². The van der Waals surface area contributed by atoms with E-state index < -0.39 is 0 Å². The van der Waals surface area contributed by atoms with Crippen molar-refractivity contribution in [1.82, 2.24) is 25.1 Å². The summed E-state index contributed by atoms with van der Waals surface area (Å²) in [6.07, 6.45) is 3.90. The van der Waals surface area contributed by atoms with Gasteiger partial charge < -0.3 is 5.32 Å². The van der Waals surface area contributed by atoms with Crippen molar-refractivity contribution in [3.05, 3.63) is 59.7 Å². The number of piperidine rings is 1. The lowest BCUT2D eigenvalue weighted by Crippen LogP contribution is -2.29. The third-order valence-corrected chi connectivity index (χ3v) is 5.07. The fourth-order valence-electron chi connectivity index (χ4n) is 3.55. The van der Waals surface area contributed by atoms with Gasteiger partial charge in [0.05, 0.1) is 0 Å². The van der Waals surface area contributed by atoms with E-state index in [1.165, 1.54) is 37.9 Å². The van der Waals surface area contributed by atoms with Crippen LogP contribution in [0.25, 0.3) is 11.4 Å². The molecule has 28 heavy (non-hydrogen) atoms. The molecule has 0 radical (unpaired) electrons. The van der Waals surface area contributed by atoms with E-state index in [-0.39, 0.29) is 5.91 Å². The molecule has 3 aromatic rings. The summed E-state index contributed by atoms with van der Waals surface area (Å²) >= 11 is 0. The van der Waals surface area contributed by atoms with Gasteiger partial charge in [0.15, 0.2) is 5.82 Å². The van der Waals surface area contributed by atoms with E-state index in [4.69, 9.17) is 0 Å². The first-order chi connectivity index (χ1) is 13.7. The Morgan fingerprint density at radius 2 is 1.86 bits per heavy atom. The van der Waals surface area contributed by atoms with E-state index in [2.05, 4.69) is 25.7 Å². The topological polar surface area (TPSA) is 75.9 Å². The van der Waals surface area contributed by atoms with Crippen molar-refractivity contribution in [2.75, 3.05) is 18.4 Å². The van der Waals surface area contributed by atoms with E-state index in [1.807, 2.05) is 48.5 Å². The zero-order valence-electron chi connectivity index (χ0n) is 16.0. The smallest absolute Gasteiger partial charge is 0.255 e. The van der Waals surface area contributed by atoms with Crippen molar-refractivity contribution < 1.29 is 4.79 Å². The largest absolute Gasteiger partial charge is 0.322 e. The van der Waals surface area contributed by atoms with Crippen LogP contribution < -0.4 is 5.32 Å². The first-order valence-corrected chi connectivity index (χ1v) is 9.64. The monoisotopic (exact) mass is 376 g/mol. The SMILES string of the molecule is Cn1nnnc1-c1cccc(NC(=O)c2ccc(CN3CCCCC3)cc2)c1. The molecule has 1 aromatic heterocycles. The minimum Gasteiger partial charge on any atom is -0.322 e. The summed E-state index contributed by atoms with van der Waals surface area (Å²) < 4.78 is 1.60. The maximum absolute atomic E-state index is 12.6. The van der Waals surface area contributed by atoms with Gasteiger partial charge in [0.2, 0.25) is 0 Å².